The van der Waals surface area contributed by atoms with Gasteiger partial charge in [-0.25, -0.2) is 0 Å². The number of terminal acetylenes is 1. The molecule has 2 rings (SSSR count). The van der Waals surface area contributed by atoms with Gasteiger partial charge < -0.3 is 19.9 Å². The van der Waals surface area contributed by atoms with Gasteiger partial charge in [-0.3, -0.25) is 4.79 Å². The molecule has 1 heterocycles. The monoisotopic (exact) mass is 307 g/mol. The Kier molecular flexibility index (Phi) is 6.29. The van der Waals surface area contributed by atoms with E-state index in [0.717, 1.165) is 6.42 Å². The molecule has 2 aliphatic rings. The van der Waals surface area contributed by atoms with Crippen molar-refractivity contribution in [2.75, 3.05) is 19.8 Å². The molecular formula is C17H25NO4. The molecule has 5 heteroatoms. The number of carbonyl (C=O) groups is 1. The molecule has 0 bridgehead atoms. The summed E-state index contributed by atoms with van der Waals surface area (Å²) in [6.07, 6.45) is 10.6. The Bertz CT molecular complexity index is 450. The predicted octanol–water partition coefficient (Wildman–Crippen LogP) is 1.43. The Balaban J connectivity index is 2.14. The number of rotatable bonds is 8. The van der Waals surface area contributed by atoms with Gasteiger partial charge in [-0.1, -0.05) is 5.92 Å². The topological polar surface area (TPSA) is 67.8 Å². The number of amides is 1. The number of aliphatic hydroxyl groups is 1. The molecule has 1 amide bonds. The van der Waals surface area contributed by atoms with Crippen LogP contribution in [0.1, 0.15) is 32.6 Å². The summed E-state index contributed by atoms with van der Waals surface area (Å²) in [6, 6.07) is 0. The van der Waals surface area contributed by atoms with E-state index in [1.165, 1.54) is 12.8 Å². The van der Waals surface area contributed by atoms with Gasteiger partial charge in [0.2, 0.25) is 6.29 Å². The quantitative estimate of drug-likeness (QED) is 0.666. The number of carbonyl (C=O) groups excluding carboxylic acids is 1. The van der Waals surface area contributed by atoms with Crippen molar-refractivity contribution in [3.63, 3.8) is 0 Å². The third kappa shape index (κ3) is 4.25. The molecule has 1 saturated carbocycles. The first kappa shape index (κ1) is 16.9. The number of hydrogen-bond acceptors (Lipinski definition) is 4. The Morgan fingerprint density at radius 1 is 1.59 bits per heavy atom. The molecule has 2 N–H and O–H groups in total. The molecule has 0 aromatic rings. The molecule has 0 spiro atoms. The van der Waals surface area contributed by atoms with Gasteiger partial charge in [-0.05, 0) is 50.5 Å². The first-order chi connectivity index (χ1) is 10.7. The summed E-state index contributed by atoms with van der Waals surface area (Å²) in [5, 5.41) is 11.7. The first-order valence-electron chi connectivity index (χ1n) is 8.03. The van der Waals surface area contributed by atoms with Crippen LogP contribution in [0.25, 0.3) is 0 Å². The number of ether oxygens (including phenoxy) is 2. The van der Waals surface area contributed by atoms with Crippen LogP contribution in [0.15, 0.2) is 11.8 Å². The average molecular weight is 307 g/mol. The van der Waals surface area contributed by atoms with Crippen LogP contribution in [-0.2, 0) is 14.3 Å². The molecule has 1 aliphatic heterocycles. The molecule has 0 aromatic heterocycles. The molecule has 5 nitrogen and oxygen atoms in total. The van der Waals surface area contributed by atoms with Gasteiger partial charge in [0, 0.05) is 19.1 Å². The normalized spacial score (nSPS) is 27.5. The van der Waals surface area contributed by atoms with E-state index in [9.17, 15) is 4.79 Å². The molecule has 122 valence electrons. The van der Waals surface area contributed by atoms with Crippen molar-refractivity contribution in [2.45, 2.75) is 38.9 Å². The van der Waals surface area contributed by atoms with Gasteiger partial charge in [0.05, 0.1) is 6.54 Å². The van der Waals surface area contributed by atoms with Crippen molar-refractivity contribution in [3.05, 3.63) is 11.8 Å². The highest BCUT2D eigenvalue weighted by Gasteiger charge is 2.43. The average Bonchev–Trinajstić information content (AvgIpc) is 3.35. The van der Waals surface area contributed by atoms with Gasteiger partial charge in [-0.15, -0.1) is 6.42 Å². The van der Waals surface area contributed by atoms with E-state index in [2.05, 4.69) is 11.2 Å². The van der Waals surface area contributed by atoms with Crippen molar-refractivity contribution in [2.24, 2.45) is 17.8 Å². The maximum atomic E-state index is 12.1. The molecule has 3 atom stereocenters. The molecule has 1 fully saturated rings. The fourth-order valence-electron chi connectivity index (χ4n) is 3.02. The summed E-state index contributed by atoms with van der Waals surface area (Å²) in [7, 11) is 0. The highest BCUT2D eigenvalue weighted by Crippen LogP contribution is 2.47. The number of nitrogens with one attached hydrogen (secondary N) is 1. The third-order valence-corrected chi connectivity index (χ3v) is 4.20. The second-order valence-electron chi connectivity index (χ2n) is 5.80. The molecular weight excluding hydrogens is 282 g/mol. The van der Waals surface area contributed by atoms with Crippen molar-refractivity contribution in [1.82, 2.24) is 5.32 Å². The van der Waals surface area contributed by atoms with Crippen molar-refractivity contribution in [1.29, 1.82) is 0 Å². The van der Waals surface area contributed by atoms with Crippen LogP contribution in [-0.4, -0.2) is 37.1 Å². The lowest BCUT2D eigenvalue weighted by Crippen LogP contribution is -2.40. The van der Waals surface area contributed by atoms with Crippen LogP contribution in [0.4, 0.5) is 0 Å². The minimum Gasteiger partial charge on any atom is -0.459 e. The van der Waals surface area contributed by atoms with Gasteiger partial charge >= 0.3 is 0 Å². The fraction of sp³-hybridized carbons (Fsp3) is 0.706. The van der Waals surface area contributed by atoms with Crippen LogP contribution in [0, 0.1) is 30.1 Å². The van der Waals surface area contributed by atoms with E-state index >= 15 is 0 Å². The van der Waals surface area contributed by atoms with Crippen LogP contribution in [0.5, 0.6) is 0 Å². The van der Waals surface area contributed by atoms with Crippen LogP contribution in [0.2, 0.25) is 0 Å². The number of allylic oxidation sites excluding steroid dienone is 1. The summed E-state index contributed by atoms with van der Waals surface area (Å²) >= 11 is 0. The van der Waals surface area contributed by atoms with Crippen LogP contribution < -0.4 is 5.32 Å². The van der Waals surface area contributed by atoms with Crippen LogP contribution in [0.3, 0.4) is 0 Å². The van der Waals surface area contributed by atoms with Gasteiger partial charge in [0.1, 0.15) is 0 Å². The lowest BCUT2D eigenvalue weighted by molar-refractivity contribution is -0.173. The minimum atomic E-state index is -0.432. The van der Waals surface area contributed by atoms with E-state index in [4.69, 9.17) is 21.0 Å². The van der Waals surface area contributed by atoms with Crippen molar-refractivity contribution >= 4 is 5.91 Å². The first-order valence-corrected chi connectivity index (χ1v) is 8.03. The second kappa shape index (κ2) is 8.21. The minimum absolute atomic E-state index is 0.159. The third-order valence-electron chi connectivity index (χ3n) is 4.20. The molecule has 0 aromatic carbocycles. The molecule has 22 heavy (non-hydrogen) atoms. The fourth-order valence-corrected chi connectivity index (χ4v) is 3.02. The molecule has 0 unspecified atom stereocenters. The zero-order valence-corrected chi connectivity index (χ0v) is 13.1. The summed E-state index contributed by atoms with van der Waals surface area (Å²) in [5.41, 5.74) is 0. The number of hydrogen-bond donors (Lipinski definition) is 2. The summed E-state index contributed by atoms with van der Waals surface area (Å²) < 4.78 is 11.5. The van der Waals surface area contributed by atoms with E-state index in [-0.39, 0.29) is 30.9 Å². The van der Waals surface area contributed by atoms with E-state index in [1.54, 1.807) is 0 Å². The Morgan fingerprint density at radius 3 is 2.95 bits per heavy atom. The Labute approximate surface area is 132 Å². The summed E-state index contributed by atoms with van der Waals surface area (Å²) in [4.78, 5) is 12.1. The zero-order valence-electron chi connectivity index (χ0n) is 13.1. The van der Waals surface area contributed by atoms with E-state index < -0.39 is 6.29 Å². The smallest absolute Gasteiger partial charge is 0.286 e. The Morgan fingerprint density at radius 2 is 2.36 bits per heavy atom. The highest BCUT2D eigenvalue weighted by atomic mass is 16.7. The van der Waals surface area contributed by atoms with Gasteiger partial charge in [-0.2, -0.15) is 0 Å². The lowest BCUT2D eigenvalue weighted by atomic mass is 9.82. The van der Waals surface area contributed by atoms with E-state index in [1.807, 2.05) is 13.0 Å². The SMILES string of the molecule is C#CCNC(=O)C1=C[C@H](C2CC2)[C@H](CCCO)[C@H](OCC)O1. The van der Waals surface area contributed by atoms with Crippen molar-refractivity contribution in [3.8, 4) is 12.3 Å². The maximum Gasteiger partial charge on any atom is 0.286 e. The highest BCUT2D eigenvalue weighted by molar-refractivity contribution is 5.91. The molecule has 0 radical (unpaired) electrons. The van der Waals surface area contributed by atoms with Gasteiger partial charge in [0.25, 0.3) is 5.91 Å². The Hall–Kier alpha value is -1.51. The lowest BCUT2D eigenvalue weighted by Gasteiger charge is -2.37. The maximum absolute atomic E-state index is 12.1. The number of aliphatic hydroxyl groups excluding tert-OH is 1. The van der Waals surface area contributed by atoms with Crippen molar-refractivity contribution < 1.29 is 19.4 Å². The molecule has 1 aliphatic carbocycles. The summed E-state index contributed by atoms with van der Waals surface area (Å²) in [5.74, 6) is 3.45. The van der Waals surface area contributed by atoms with E-state index in [0.29, 0.717) is 24.7 Å². The summed E-state index contributed by atoms with van der Waals surface area (Å²) in [6.45, 7) is 2.78. The van der Waals surface area contributed by atoms with Gasteiger partial charge in [0.15, 0.2) is 5.76 Å². The largest absolute Gasteiger partial charge is 0.459 e. The second-order valence-corrected chi connectivity index (χ2v) is 5.80. The standard InChI is InChI=1S/C17H25NO4/c1-3-9-18-16(20)15-11-14(12-7-8-12)13(6-5-10-19)17(22-15)21-4-2/h1,11-14,17,19H,4-10H2,2H3,(H,18,20)/t13-,14+,17+/m0/s1. The zero-order chi connectivity index (χ0) is 15.9. The predicted molar refractivity (Wildman–Crippen MR) is 82.4 cm³/mol. The van der Waals surface area contributed by atoms with Crippen LogP contribution >= 0.6 is 0 Å². The molecule has 0 saturated heterocycles.